The molecule has 3 rings (SSSR count). The smallest absolute Gasteiger partial charge is 0.277 e. The molecule has 3 aromatic rings. The van der Waals surface area contributed by atoms with Crippen molar-refractivity contribution < 1.29 is 9.53 Å². The topological polar surface area (TPSA) is 97.0 Å². The quantitative estimate of drug-likeness (QED) is 0.588. The lowest BCUT2D eigenvalue weighted by molar-refractivity contribution is 0.0949. The average molecular weight is 378 g/mol. The van der Waals surface area contributed by atoms with E-state index in [1.165, 1.54) is 6.07 Å². The molecule has 0 atom stereocenters. The molecule has 0 bridgehead atoms. The number of carbonyl (C=O) groups excluding carboxylic acids is 1. The Morgan fingerprint density at radius 1 is 1.14 bits per heavy atom. The second-order valence-corrected chi connectivity index (χ2v) is 6.26. The first kappa shape index (κ1) is 19.3. The van der Waals surface area contributed by atoms with Gasteiger partial charge in [0.05, 0.1) is 12.3 Å². The summed E-state index contributed by atoms with van der Waals surface area (Å²) >= 11 is 0. The number of pyridine rings is 1. The minimum atomic E-state index is -0.532. The van der Waals surface area contributed by atoms with Crippen LogP contribution in [0.4, 0.5) is 0 Å². The van der Waals surface area contributed by atoms with Crippen molar-refractivity contribution in [1.82, 2.24) is 20.5 Å². The lowest BCUT2D eigenvalue weighted by Crippen LogP contribution is -2.29. The van der Waals surface area contributed by atoms with Crippen LogP contribution in [-0.4, -0.2) is 27.7 Å². The van der Waals surface area contributed by atoms with Gasteiger partial charge >= 0.3 is 0 Å². The number of nitrogens with one attached hydrogen (secondary N) is 2. The molecule has 0 radical (unpaired) electrons. The van der Waals surface area contributed by atoms with Crippen molar-refractivity contribution in [2.24, 2.45) is 0 Å². The minimum Gasteiger partial charge on any atom is -0.494 e. The SMILES string of the molecule is CCCCOc1ccc(CNC(=O)c2cc(-c3ccncc3)n[nH]c2=O)cc1. The molecule has 7 heteroatoms. The Labute approximate surface area is 162 Å². The second-order valence-electron chi connectivity index (χ2n) is 6.26. The first-order chi connectivity index (χ1) is 13.7. The monoisotopic (exact) mass is 378 g/mol. The van der Waals surface area contributed by atoms with Crippen LogP contribution in [0, 0.1) is 0 Å². The number of H-pyrrole nitrogens is 1. The third-order valence-electron chi connectivity index (χ3n) is 4.17. The highest BCUT2D eigenvalue weighted by Crippen LogP contribution is 2.15. The minimum absolute atomic E-state index is 0.0151. The molecule has 0 saturated heterocycles. The number of nitrogens with zero attached hydrogens (tertiary/aromatic N) is 2. The number of benzene rings is 1. The van der Waals surface area contributed by atoms with Crippen LogP contribution >= 0.6 is 0 Å². The average Bonchev–Trinajstić information content (AvgIpc) is 2.74. The summed E-state index contributed by atoms with van der Waals surface area (Å²) in [4.78, 5) is 28.4. The van der Waals surface area contributed by atoms with E-state index in [1.54, 1.807) is 24.5 Å². The van der Waals surface area contributed by atoms with E-state index in [9.17, 15) is 9.59 Å². The van der Waals surface area contributed by atoms with Crippen LogP contribution in [0.5, 0.6) is 5.75 Å². The lowest BCUT2D eigenvalue weighted by Gasteiger charge is -2.08. The predicted octanol–water partition coefficient (Wildman–Crippen LogP) is 2.94. The second kappa shape index (κ2) is 9.45. The van der Waals surface area contributed by atoms with Crippen molar-refractivity contribution in [1.29, 1.82) is 0 Å². The van der Waals surface area contributed by atoms with E-state index in [1.807, 2.05) is 24.3 Å². The van der Waals surface area contributed by atoms with Crippen LogP contribution < -0.4 is 15.6 Å². The number of hydrogen-bond acceptors (Lipinski definition) is 5. The van der Waals surface area contributed by atoms with Gasteiger partial charge in [-0.2, -0.15) is 5.10 Å². The standard InChI is InChI=1S/C21H22N4O3/c1-2-3-12-28-17-6-4-15(5-7-17)14-23-20(26)18-13-19(24-25-21(18)27)16-8-10-22-11-9-16/h4-11,13H,2-3,12,14H2,1H3,(H,23,26)(H,25,27). The Morgan fingerprint density at radius 3 is 2.61 bits per heavy atom. The van der Waals surface area contributed by atoms with Gasteiger partial charge in [-0.25, -0.2) is 5.10 Å². The third kappa shape index (κ3) is 5.03. The van der Waals surface area contributed by atoms with E-state index in [-0.39, 0.29) is 5.56 Å². The summed E-state index contributed by atoms with van der Waals surface area (Å²) in [7, 11) is 0. The Kier molecular flexibility index (Phi) is 6.51. The Balaban J connectivity index is 1.64. The molecule has 2 aromatic heterocycles. The maximum Gasteiger partial charge on any atom is 0.277 e. The Bertz CT molecular complexity index is 969. The summed E-state index contributed by atoms with van der Waals surface area (Å²) in [5, 5.41) is 9.13. The van der Waals surface area contributed by atoms with Crippen LogP contribution in [0.3, 0.4) is 0 Å². The van der Waals surface area contributed by atoms with Crippen LogP contribution in [0.25, 0.3) is 11.3 Å². The van der Waals surface area contributed by atoms with Crippen LogP contribution in [0.1, 0.15) is 35.7 Å². The van der Waals surface area contributed by atoms with Gasteiger partial charge in [0.2, 0.25) is 0 Å². The van der Waals surface area contributed by atoms with E-state index in [0.717, 1.165) is 29.7 Å². The van der Waals surface area contributed by atoms with Gasteiger partial charge in [-0.1, -0.05) is 25.5 Å². The Morgan fingerprint density at radius 2 is 1.89 bits per heavy atom. The number of aromatic nitrogens is 3. The van der Waals surface area contributed by atoms with Gasteiger partial charge in [0.15, 0.2) is 0 Å². The fourth-order valence-corrected chi connectivity index (χ4v) is 2.56. The molecule has 2 N–H and O–H groups in total. The van der Waals surface area contributed by atoms with E-state index in [2.05, 4.69) is 27.4 Å². The maximum atomic E-state index is 12.5. The van der Waals surface area contributed by atoms with Crippen LogP contribution in [0.15, 0.2) is 59.7 Å². The van der Waals surface area contributed by atoms with Crippen molar-refractivity contribution in [3.05, 3.63) is 76.3 Å². The van der Waals surface area contributed by atoms with E-state index in [0.29, 0.717) is 18.8 Å². The summed E-state index contributed by atoms with van der Waals surface area (Å²) in [5.74, 6) is 0.346. The van der Waals surface area contributed by atoms with Gasteiger partial charge in [-0.3, -0.25) is 14.6 Å². The Hall–Kier alpha value is -3.48. The zero-order valence-electron chi connectivity index (χ0n) is 15.6. The number of aromatic amines is 1. The summed E-state index contributed by atoms with van der Waals surface area (Å²) < 4.78 is 5.62. The van der Waals surface area contributed by atoms with Crippen LogP contribution in [0.2, 0.25) is 0 Å². The van der Waals surface area contributed by atoms with Crippen molar-refractivity contribution in [3.8, 4) is 17.0 Å². The molecular weight excluding hydrogens is 356 g/mol. The molecule has 0 saturated carbocycles. The number of unbranched alkanes of at least 4 members (excludes halogenated alkanes) is 1. The molecule has 7 nitrogen and oxygen atoms in total. The molecule has 0 aliphatic carbocycles. The zero-order valence-corrected chi connectivity index (χ0v) is 15.6. The summed E-state index contributed by atoms with van der Waals surface area (Å²) in [5.41, 5.74) is 1.66. The highest BCUT2D eigenvalue weighted by Gasteiger charge is 2.13. The van der Waals surface area contributed by atoms with Crippen molar-refractivity contribution in [2.75, 3.05) is 6.61 Å². The first-order valence-corrected chi connectivity index (χ1v) is 9.17. The number of rotatable bonds is 8. The summed E-state index contributed by atoms with van der Waals surface area (Å²) in [6, 6.07) is 12.5. The number of ether oxygens (including phenoxy) is 1. The van der Waals surface area contributed by atoms with Gasteiger partial charge in [-0.15, -0.1) is 0 Å². The highest BCUT2D eigenvalue weighted by atomic mass is 16.5. The van der Waals surface area contributed by atoms with Gasteiger partial charge in [0.25, 0.3) is 11.5 Å². The van der Waals surface area contributed by atoms with Gasteiger partial charge in [0, 0.05) is 24.5 Å². The van der Waals surface area contributed by atoms with Crippen molar-refractivity contribution in [3.63, 3.8) is 0 Å². The third-order valence-corrected chi connectivity index (χ3v) is 4.17. The first-order valence-electron chi connectivity index (χ1n) is 9.17. The molecule has 0 aliphatic heterocycles. The number of carbonyl (C=O) groups is 1. The molecule has 2 heterocycles. The van der Waals surface area contributed by atoms with Gasteiger partial charge in [-0.05, 0) is 42.3 Å². The largest absolute Gasteiger partial charge is 0.494 e. The lowest BCUT2D eigenvalue weighted by atomic mass is 10.1. The summed E-state index contributed by atoms with van der Waals surface area (Å²) in [6.07, 6.45) is 5.34. The van der Waals surface area contributed by atoms with Crippen molar-refractivity contribution >= 4 is 5.91 Å². The normalized spacial score (nSPS) is 10.5. The van der Waals surface area contributed by atoms with Crippen molar-refractivity contribution in [2.45, 2.75) is 26.3 Å². The molecule has 0 fully saturated rings. The predicted molar refractivity (Wildman–Crippen MR) is 106 cm³/mol. The van der Waals surface area contributed by atoms with E-state index < -0.39 is 11.5 Å². The maximum absolute atomic E-state index is 12.5. The fraction of sp³-hybridized carbons (Fsp3) is 0.238. The molecule has 28 heavy (non-hydrogen) atoms. The fourth-order valence-electron chi connectivity index (χ4n) is 2.56. The van der Waals surface area contributed by atoms with Gasteiger partial charge < -0.3 is 10.1 Å². The van der Waals surface area contributed by atoms with E-state index >= 15 is 0 Å². The molecule has 0 spiro atoms. The number of hydrogen-bond donors (Lipinski definition) is 2. The zero-order chi connectivity index (χ0) is 19.8. The van der Waals surface area contributed by atoms with Crippen LogP contribution in [-0.2, 0) is 6.54 Å². The number of amides is 1. The highest BCUT2D eigenvalue weighted by molar-refractivity contribution is 5.94. The molecular formula is C21H22N4O3. The van der Waals surface area contributed by atoms with E-state index in [4.69, 9.17) is 4.74 Å². The summed E-state index contributed by atoms with van der Waals surface area (Å²) in [6.45, 7) is 3.11. The molecule has 1 aromatic carbocycles. The molecule has 0 unspecified atom stereocenters. The molecule has 1 amide bonds. The van der Waals surface area contributed by atoms with Gasteiger partial charge in [0.1, 0.15) is 11.3 Å². The molecule has 144 valence electrons. The molecule has 0 aliphatic rings.